The van der Waals surface area contributed by atoms with E-state index < -0.39 is 0 Å². The first kappa shape index (κ1) is 14.9. The van der Waals surface area contributed by atoms with Crippen LogP contribution in [0.1, 0.15) is 49.8 Å². The van der Waals surface area contributed by atoms with E-state index in [1.807, 2.05) is 6.07 Å². The third kappa shape index (κ3) is 3.97. The Labute approximate surface area is 120 Å². The Bertz CT molecular complexity index is 460. The fourth-order valence-electron chi connectivity index (χ4n) is 2.68. The van der Waals surface area contributed by atoms with Crippen LogP contribution in [0.3, 0.4) is 0 Å². The molecule has 1 aromatic carbocycles. The number of carbonyl (C=O) groups excluding carboxylic acids is 1. The van der Waals surface area contributed by atoms with Gasteiger partial charge >= 0.3 is 0 Å². The van der Waals surface area contributed by atoms with Crippen LogP contribution in [0.4, 0.5) is 0 Å². The number of nitrogens with two attached hydrogens (primary N) is 1. The highest BCUT2D eigenvalue weighted by atomic mass is 16.5. The van der Waals surface area contributed by atoms with Crippen LogP contribution in [-0.4, -0.2) is 19.1 Å². The maximum atomic E-state index is 10.7. The van der Waals surface area contributed by atoms with Crippen molar-refractivity contribution in [3.05, 3.63) is 29.3 Å². The molecule has 1 aliphatic rings. The molecule has 1 aliphatic carbocycles. The van der Waals surface area contributed by atoms with Crippen LogP contribution in [0.5, 0.6) is 5.75 Å². The maximum absolute atomic E-state index is 10.7. The number of hydrogen-bond donors (Lipinski definition) is 2. The van der Waals surface area contributed by atoms with E-state index in [1.165, 1.54) is 24.0 Å². The van der Waals surface area contributed by atoms with Crippen molar-refractivity contribution in [2.45, 2.75) is 45.1 Å². The summed E-state index contributed by atoms with van der Waals surface area (Å²) in [4.78, 5) is 10.7. The largest absolute Gasteiger partial charge is 0.493 e. The lowest BCUT2D eigenvalue weighted by Crippen LogP contribution is -2.25. The molecule has 20 heavy (non-hydrogen) atoms. The standard InChI is InChI=1S/C16H24N2O2/c1-2-9-18-15-5-3-4-12-11-13(6-7-14(12)15)20-10-8-16(17)19/h6-7,11,15,18H,2-5,8-10H2,1H3,(H2,17,19). The minimum absolute atomic E-state index is 0.262. The van der Waals surface area contributed by atoms with Crippen LogP contribution < -0.4 is 15.8 Å². The molecule has 0 fully saturated rings. The summed E-state index contributed by atoms with van der Waals surface area (Å²) in [7, 11) is 0. The van der Waals surface area contributed by atoms with Crippen molar-refractivity contribution in [3.8, 4) is 5.75 Å². The quantitative estimate of drug-likeness (QED) is 0.803. The topological polar surface area (TPSA) is 64.3 Å². The Morgan fingerprint density at radius 3 is 3.10 bits per heavy atom. The molecule has 0 radical (unpaired) electrons. The number of aryl methyl sites for hydroxylation is 1. The van der Waals surface area contributed by atoms with Gasteiger partial charge in [0.25, 0.3) is 0 Å². The van der Waals surface area contributed by atoms with Gasteiger partial charge in [0.15, 0.2) is 0 Å². The Kier molecular flexibility index (Phi) is 5.41. The summed E-state index contributed by atoms with van der Waals surface area (Å²) in [6, 6.07) is 6.72. The van der Waals surface area contributed by atoms with Crippen LogP contribution in [0, 0.1) is 0 Å². The van der Waals surface area contributed by atoms with Crippen molar-refractivity contribution in [3.63, 3.8) is 0 Å². The SMILES string of the molecule is CCCNC1CCCc2cc(OCCC(N)=O)ccc21. The van der Waals surface area contributed by atoms with Gasteiger partial charge in [-0.15, -0.1) is 0 Å². The minimum atomic E-state index is -0.327. The van der Waals surface area contributed by atoms with Crippen LogP contribution in [0.15, 0.2) is 18.2 Å². The second-order valence-electron chi connectivity index (χ2n) is 5.32. The first-order chi connectivity index (χ1) is 9.70. The van der Waals surface area contributed by atoms with Crippen molar-refractivity contribution in [1.29, 1.82) is 0 Å². The lowest BCUT2D eigenvalue weighted by molar-refractivity contribution is -0.118. The highest BCUT2D eigenvalue weighted by Gasteiger charge is 2.19. The second kappa shape index (κ2) is 7.29. The summed E-state index contributed by atoms with van der Waals surface area (Å²) >= 11 is 0. The van der Waals surface area contributed by atoms with Gasteiger partial charge in [0.2, 0.25) is 5.91 Å². The first-order valence-electron chi connectivity index (χ1n) is 7.48. The fourth-order valence-corrected chi connectivity index (χ4v) is 2.68. The van der Waals surface area contributed by atoms with Gasteiger partial charge in [-0.1, -0.05) is 13.0 Å². The average molecular weight is 276 g/mol. The Hall–Kier alpha value is -1.55. The van der Waals surface area contributed by atoms with E-state index in [-0.39, 0.29) is 12.3 Å². The first-order valence-corrected chi connectivity index (χ1v) is 7.48. The molecule has 0 saturated carbocycles. The Balaban J connectivity index is 2.01. The number of ether oxygens (including phenoxy) is 1. The molecule has 1 amide bonds. The van der Waals surface area contributed by atoms with Crippen molar-refractivity contribution >= 4 is 5.91 Å². The van der Waals surface area contributed by atoms with Gasteiger partial charge in [0.05, 0.1) is 13.0 Å². The minimum Gasteiger partial charge on any atom is -0.493 e. The maximum Gasteiger partial charge on any atom is 0.220 e. The monoisotopic (exact) mass is 276 g/mol. The lowest BCUT2D eigenvalue weighted by Gasteiger charge is -2.27. The number of fused-ring (bicyclic) bond motifs is 1. The molecule has 0 heterocycles. The summed E-state index contributed by atoms with van der Waals surface area (Å²) < 4.78 is 5.58. The fraction of sp³-hybridized carbons (Fsp3) is 0.562. The molecule has 1 unspecified atom stereocenters. The molecule has 4 nitrogen and oxygen atoms in total. The molecule has 1 aromatic rings. The zero-order valence-corrected chi connectivity index (χ0v) is 12.2. The summed E-state index contributed by atoms with van der Waals surface area (Å²) in [6.45, 7) is 3.60. The molecular formula is C16H24N2O2. The second-order valence-corrected chi connectivity index (χ2v) is 5.32. The highest BCUT2D eigenvalue weighted by molar-refractivity contribution is 5.73. The molecule has 0 spiro atoms. The van der Waals surface area contributed by atoms with Crippen LogP contribution in [0.25, 0.3) is 0 Å². The van der Waals surface area contributed by atoms with Gasteiger partial charge in [-0.05, 0) is 55.5 Å². The van der Waals surface area contributed by atoms with E-state index in [9.17, 15) is 4.79 Å². The van der Waals surface area contributed by atoms with Gasteiger partial charge in [-0.3, -0.25) is 4.79 Å². The molecule has 110 valence electrons. The summed E-state index contributed by atoms with van der Waals surface area (Å²) in [5.41, 5.74) is 7.86. The van der Waals surface area contributed by atoms with Crippen LogP contribution >= 0.6 is 0 Å². The van der Waals surface area contributed by atoms with Crippen molar-refractivity contribution in [2.24, 2.45) is 5.73 Å². The number of nitrogens with one attached hydrogen (secondary N) is 1. The molecule has 0 saturated heterocycles. The van der Waals surface area contributed by atoms with E-state index in [0.29, 0.717) is 12.6 Å². The van der Waals surface area contributed by atoms with Gasteiger partial charge in [-0.25, -0.2) is 0 Å². The number of carbonyl (C=O) groups is 1. The number of benzene rings is 1. The molecule has 3 N–H and O–H groups in total. The smallest absolute Gasteiger partial charge is 0.220 e. The molecule has 0 bridgehead atoms. The number of hydrogen-bond acceptors (Lipinski definition) is 3. The summed E-state index contributed by atoms with van der Waals surface area (Å²) in [6.07, 6.45) is 4.93. The van der Waals surface area contributed by atoms with Gasteiger partial charge in [0.1, 0.15) is 5.75 Å². The van der Waals surface area contributed by atoms with E-state index in [2.05, 4.69) is 24.4 Å². The average Bonchev–Trinajstić information content (AvgIpc) is 2.44. The zero-order chi connectivity index (χ0) is 14.4. The third-order valence-electron chi connectivity index (χ3n) is 3.69. The number of primary amides is 1. The predicted molar refractivity (Wildman–Crippen MR) is 79.7 cm³/mol. The van der Waals surface area contributed by atoms with Gasteiger partial charge < -0.3 is 15.8 Å². The summed E-state index contributed by atoms with van der Waals surface area (Å²) in [5, 5.41) is 3.60. The van der Waals surface area contributed by atoms with Crippen LogP contribution in [-0.2, 0) is 11.2 Å². The normalized spacial score (nSPS) is 17.6. The van der Waals surface area contributed by atoms with Gasteiger partial charge in [-0.2, -0.15) is 0 Å². The molecule has 2 rings (SSSR count). The molecule has 1 atom stereocenters. The summed E-state index contributed by atoms with van der Waals surface area (Å²) in [5.74, 6) is 0.507. The van der Waals surface area contributed by atoms with E-state index >= 15 is 0 Å². The number of amides is 1. The van der Waals surface area contributed by atoms with Gasteiger partial charge in [0, 0.05) is 6.04 Å². The van der Waals surface area contributed by atoms with Crippen molar-refractivity contribution in [2.75, 3.05) is 13.2 Å². The molecule has 0 aromatic heterocycles. The number of rotatable bonds is 7. The van der Waals surface area contributed by atoms with E-state index in [1.54, 1.807) is 0 Å². The zero-order valence-electron chi connectivity index (χ0n) is 12.2. The van der Waals surface area contributed by atoms with E-state index in [4.69, 9.17) is 10.5 Å². The van der Waals surface area contributed by atoms with Crippen molar-refractivity contribution in [1.82, 2.24) is 5.32 Å². The Morgan fingerprint density at radius 1 is 1.50 bits per heavy atom. The lowest BCUT2D eigenvalue weighted by atomic mass is 9.87. The Morgan fingerprint density at radius 2 is 2.35 bits per heavy atom. The highest BCUT2D eigenvalue weighted by Crippen LogP contribution is 2.32. The van der Waals surface area contributed by atoms with E-state index in [0.717, 1.165) is 25.1 Å². The molecule has 4 heteroatoms. The predicted octanol–water partition coefficient (Wildman–Crippen LogP) is 2.32. The molecular weight excluding hydrogens is 252 g/mol. The molecule has 0 aliphatic heterocycles. The third-order valence-corrected chi connectivity index (χ3v) is 3.69. The van der Waals surface area contributed by atoms with Crippen LogP contribution in [0.2, 0.25) is 0 Å². The van der Waals surface area contributed by atoms with Crippen molar-refractivity contribution < 1.29 is 9.53 Å².